The molecule has 0 unspecified atom stereocenters. The molecule has 0 aliphatic carbocycles. The number of halogens is 1. The van der Waals surface area contributed by atoms with Crippen LogP contribution in [0.3, 0.4) is 0 Å². The van der Waals surface area contributed by atoms with Crippen LogP contribution in [0.25, 0.3) is 0 Å². The van der Waals surface area contributed by atoms with Crippen LogP contribution in [0.1, 0.15) is 13.8 Å². The molecule has 0 aromatic rings. The average molecular weight is 305 g/mol. The van der Waals surface area contributed by atoms with Crippen molar-refractivity contribution in [3.05, 3.63) is 0 Å². The van der Waals surface area contributed by atoms with Crippen LogP contribution in [-0.4, -0.2) is 80.0 Å². The molecule has 1 rings (SSSR count). The number of rotatable bonds is 6. The molecule has 1 fully saturated rings. The van der Waals surface area contributed by atoms with Crippen molar-refractivity contribution in [2.45, 2.75) is 25.6 Å². The fourth-order valence-corrected chi connectivity index (χ4v) is 2.31. The smallest absolute Gasteiger partial charge is 0.405 e. The Morgan fingerprint density at radius 2 is 1.86 bits per heavy atom. The highest BCUT2D eigenvalue weighted by Crippen LogP contribution is 2.13. The van der Waals surface area contributed by atoms with Gasteiger partial charge in [-0.25, -0.2) is 9.18 Å². The number of alkyl halides is 1. The van der Waals surface area contributed by atoms with Crippen LogP contribution in [0.15, 0.2) is 0 Å². The minimum atomic E-state index is -1.26. The average Bonchev–Trinajstić information content (AvgIpc) is 2.36. The lowest BCUT2D eigenvalue weighted by Crippen LogP contribution is -2.54. The van der Waals surface area contributed by atoms with E-state index < -0.39 is 17.9 Å². The SMILES string of the molecule is COC[C@H](OC(N)=O)C(=O)N1CCN(CC(C)(C)F)CC1. The molecule has 0 bridgehead atoms. The Balaban J connectivity index is 2.51. The van der Waals surface area contributed by atoms with E-state index in [1.54, 1.807) is 4.90 Å². The van der Waals surface area contributed by atoms with E-state index in [2.05, 4.69) is 0 Å². The number of hydrogen-bond acceptors (Lipinski definition) is 5. The van der Waals surface area contributed by atoms with E-state index in [0.717, 1.165) is 0 Å². The Bertz CT molecular complexity index is 365. The van der Waals surface area contributed by atoms with Gasteiger partial charge >= 0.3 is 6.09 Å². The third-order valence-corrected chi connectivity index (χ3v) is 3.14. The van der Waals surface area contributed by atoms with Crippen LogP contribution in [0.2, 0.25) is 0 Å². The first-order valence-corrected chi connectivity index (χ1v) is 6.88. The lowest BCUT2D eigenvalue weighted by Gasteiger charge is -2.37. The largest absolute Gasteiger partial charge is 0.434 e. The fourth-order valence-electron chi connectivity index (χ4n) is 2.31. The molecule has 1 atom stereocenters. The molecule has 122 valence electrons. The molecule has 7 nitrogen and oxygen atoms in total. The Hall–Kier alpha value is -1.41. The second-order valence-electron chi connectivity index (χ2n) is 5.70. The molecule has 2 amide bonds. The van der Waals surface area contributed by atoms with Gasteiger partial charge in [-0.15, -0.1) is 0 Å². The van der Waals surface area contributed by atoms with E-state index in [1.807, 2.05) is 4.90 Å². The fraction of sp³-hybridized carbons (Fsp3) is 0.846. The number of carbonyl (C=O) groups excluding carboxylic acids is 2. The number of piperazine rings is 1. The topological polar surface area (TPSA) is 85.1 Å². The van der Waals surface area contributed by atoms with Crippen LogP contribution in [0.5, 0.6) is 0 Å². The highest BCUT2D eigenvalue weighted by atomic mass is 19.1. The van der Waals surface area contributed by atoms with Gasteiger partial charge in [0.25, 0.3) is 5.91 Å². The first-order valence-electron chi connectivity index (χ1n) is 6.88. The molecule has 0 saturated carbocycles. The maximum absolute atomic E-state index is 13.6. The predicted molar refractivity (Wildman–Crippen MR) is 74.5 cm³/mol. The van der Waals surface area contributed by atoms with E-state index in [0.29, 0.717) is 32.7 Å². The van der Waals surface area contributed by atoms with Gasteiger partial charge in [-0.05, 0) is 13.8 Å². The Morgan fingerprint density at radius 1 is 1.29 bits per heavy atom. The van der Waals surface area contributed by atoms with Crippen LogP contribution in [0, 0.1) is 0 Å². The number of amides is 2. The van der Waals surface area contributed by atoms with Crippen molar-refractivity contribution in [1.82, 2.24) is 9.80 Å². The quantitative estimate of drug-likeness (QED) is 0.746. The molecule has 1 aliphatic heterocycles. The van der Waals surface area contributed by atoms with Gasteiger partial charge in [-0.2, -0.15) is 0 Å². The van der Waals surface area contributed by atoms with Gasteiger partial charge in [0.15, 0.2) is 0 Å². The third kappa shape index (κ3) is 6.26. The summed E-state index contributed by atoms with van der Waals surface area (Å²) in [6, 6.07) is 0. The molecule has 1 aliphatic rings. The van der Waals surface area contributed by atoms with Gasteiger partial charge < -0.3 is 20.1 Å². The van der Waals surface area contributed by atoms with E-state index in [-0.39, 0.29) is 12.5 Å². The van der Waals surface area contributed by atoms with Crippen molar-refractivity contribution < 1.29 is 23.5 Å². The predicted octanol–water partition coefficient (Wildman–Crippen LogP) is -0.0110. The van der Waals surface area contributed by atoms with Gasteiger partial charge in [0.1, 0.15) is 5.67 Å². The minimum Gasteiger partial charge on any atom is -0.434 e. The molecule has 0 aromatic carbocycles. The molecule has 1 heterocycles. The molecule has 0 aromatic heterocycles. The van der Waals surface area contributed by atoms with Crippen LogP contribution >= 0.6 is 0 Å². The highest BCUT2D eigenvalue weighted by molar-refractivity contribution is 5.83. The maximum atomic E-state index is 13.6. The summed E-state index contributed by atoms with van der Waals surface area (Å²) in [5, 5.41) is 0. The van der Waals surface area contributed by atoms with Crippen LogP contribution in [0.4, 0.5) is 9.18 Å². The number of hydrogen-bond donors (Lipinski definition) is 1. The van der Waals surface area contributed by atoms with Crippen molar-refractivity contribution >= 4 is 12.0 Å². The first kappa shape index (κ1) is 17.6. The van der Waals surface area contributed by atoms with Crippen LogP contribution in [-0.2, 0) is 14.3 Å². The molecular weight excluding hydrogens is 281 g/mol. The van der Waals surface area contributed by atoms with E-state index in [1.165, 1.54) is 21.0 Å². The molecule has 0 radical (unpaired) electrons. The molecule has 21 heavy (non-hydrogen) atoms. The van der Waals surface area contributed by atoms with Crippen molar-refractivity contribution in [2.24, 2.45) is 5.73 Å². The highest BCUT2D eigenvalue weighted by Gasteiger charge is 2.31. The van der Waals surface area contributed by atoms with Crippen molar-refractivity contribution in [3.8, 4) is 0 Å². The van der Waals surface area contributed by atoms with Gasteiger partial charge in [0.05, 0.1) is 6.61 Å². The molecule has 8 heteroatoms. The summed E-state index contributed by atoms with van der Waals surface area (Å²) in [5.41, 5.74) is 3.68. The Kier molecular flexibility index (Phi) is 6.35. The van der Waals surface area contributed by atoms with E-state index in [9.17, 15) is 14.0 Å². The van der Waals surface area contributed by atoms with Gasteiger partial charge in [-0.3, -0.25) is 9.69 Å². The maximum Gasteiger partial charge on any atom is 0.405 e. The summed E-state index contributed by atoms with van der Waals surface area (Å²) in [6.45, 7) is 5.41. The van der Waals surface area contributed by atoms with Gasteiger partial charge in [0, 0.05) is 39.8 Å². The lowest BCUT2D eigenvalue weighted by atomic mass is 10.1. The standard InChI is InChI=1S/C13H24FN3O4/c1-13(2,14)9-16-4-6-17(7-5-16)11(18)10(8-20-3)21-12(15)19/h10H,4-9H2,1-3H3,(H2,15,19)/t10-/m0/s1. The molecular formula is C13H24FN3O4. The summed E-state index contributed by atoms with van der Waals surface area (Å²) in [7, 11) is 1.41. The number of nitrogens with two attached hydrogens (primary N) is 1. The van der Waals surface area contributed by atoms with E-state index in [4.69, 9.17) is 15.2 Å². The van der Waals surface area contributed by atoms with E-state index >= 15 is 0 Å². The number of methoxy groups -OCH3 is 1. The molecule has 0 spiro atoms. The van der Waals surface area contributed by atoms with Crippen molar-refractivity contribution in [1.29, 1.82) is 0 Å². The lowest BCUT2D eigenvalue weighted by molar-refractivity contribution is -0.144. The first-order chi connectivity index (χ1) is 9.73. The summed E-state index contributed by atoms with van der Waals surface area (Å²) in [4.78, 5) is 26.6. The summed E-state index contributed by atoms with van der Waals surface area (Å²) < 4.78 is 23.2. The zero-order valence-corrected chi connectivity index (χ0v) is 12.8. The third-order valence-electron chi connectivity index (χ3n) is 3.14. The zero-order chi connectivity index (χ0) is 16.0. The summed E-state index contributed by atoms with van der Waals surface area (Å²) in [6.07, 6.45) is -2.04. The number of primary amides is 1. The second-order valence-corrected chi connectivity index (χ2v) is 5.70. The second kappa shape index (κ2) is 7.56. The normalized spacial score (nSPS) is 18.4. The summed E-state index contributed by atoms with van der Waals surface area (Å²) >= 11 is 0. The Labute approximate surface area is 124 Å². The monoisotopic (exact) mass is 305 g/mol. The summed E-state index contributed by atoms with van der Waals surface area (Å²) in [5.74, 6) is -0.338. The zero-order valence-electron chi connectivity index (χ0n) is 12.8. The van der Waals surface area contributed by atoms with Gasteiger partial charge in [0.2, 0.25) is 6.10 Å². The van der Waals surface area contributed by atoms with Crippen molar-refractivity contribution in [3.63, 3.8) is 0 Å². The molecule has 2 N–H and O–H groups in total. The number of nitrogens with zero attached hydrogens (tertiary/aromatic N) is 2. The van der Waals surface area contributed by atoms with Crippen molar-refractivity contribution in [2.75, 3.05) is 46.4 Å². The molecule has 1 saturated heterocycles. The van der Waals surface area contributed by atoms with Gasteiger partial charge in [-0.1, -0.05) is 0 Å². The van der Waals surface area contributed by atoms with Crippen LogP contribution < -0.4 is 5.73 Å². The number of carbonyl (C=O) groups is 2. The Morgan fingerprint density at radius 3 is 2.29 bits per heavy atom. The minimum absolute atomic E-state index is 0.0422. The number of ether oxygens (including phenoxy) is 2.